The topological polar surface area (TPSA) is 87.3 Å². The van der Waals surface area contributed by atoms with Crippen LogP contribution in [0.25, 0.3) is 33.5 Å². The Kier molecular flexibility index (Phi) is 5.51. The summed E-state index contributed by atoms with van der Waals surface area (Å²) in [4.78, 5) is 20.9. The van der Waals surface area contributed by atoms with Crippen molar-refractivity contribution in [1.29, 1.82) is 0 Å². The largest absolute Gasteiger partial charge is 0.469 e. The molecule has 0 saturated carbocycles. The first kappa shape index (κ1) is 20.4. The fourth-order valence-corrected chi connectivity index (χ4v) is 3.44. The predicted molar refractivity (Wildman–Crippen MR) is 123 cm³/mol. The standard InChI is InChI=1S/C26H19N3O4/c1-17(30)32-23-14-8-13-21-24(23)26(28-25(27-21)19-11-6-3-7-12-19)31-16-20-15-22(29-33-20)18-9-4-2-5-10-18/h2-15H,16H2,1H3. The average molecular weight is 437 g/mol. The van der Waals surface area contributed by atoms with E-state index in [1.54, 1.807) is 12.1 Å². The first-order valence-corrected chi connectivity index (χ1v) is 10.4. The van der Waals surface area contributed by atoms with Gasteiger partial charge in [0.25, 0.3) is 0 Å². The normalized spacial score (nSPS) is 10.8. The van der Waals surface area contributed by atoms with Crippen LogP contribution in [0.1, 0.15) is 12.7 Å². The van der Waals surface area contributed by atoms with Gasteiger partial charge in [0.2, 0.25) is 5.88 Å². The summed E-state index contributed by atoms with van der Waals surface area (Å²) in [6.07, 6.45) is 0. The third kappa shape index (κ3) is 4.43. The van der Waals surface area contributed by atoms with Gasteiger partial charge < -0.3 is 14.0 Å². The second-order valence-corrected chi connectivity index (χ2v) is 7.30. The molecule has 5 rings (SSSR count). The van der Waals surface area contributed by atoms with Crippen molar-refractivity contribution in [2.75, 3.05) is 0 Å². The molecule has 162 valence electrons. The molecule has 0 bridgehead atoms. The minimum absolute atomic E-state index is 0.0918. The van der Waals surface area contributed by atoms with Gasteiger partial charge in [0.15, 0.2) is 18.2 Å². The van der Waals surface area contributed by atoms with Crippen molar-refractivity contribution in [1.82, 2.24) is 15.1 Å². The number of hydrogen-bond donors (Lipinski definition) is 0. The molecule has 7 nitrogen and oxygen atoms in total. The molecule has 0 aliphatic rings. The van der Waals surface area contributed by atoms with Gasteiger partial charge >= 0.3 is 5.97 Å². The van der Waals surface area contributed by atoms with Gasteiger partial charge in [0.05, 0.1) is 5.52 Å². The summed E-state index contributed by atoms with van der Waals surface area (Å²) in [6.45, 7) is 1.44. The number of esters is 1. The summed E-state index contributed by atoms with van der Waals surface area (Å²) >= 11 is 0. The first-order chi connectivity index (χ1) is 16.2. The van der Waals surface area contributed by atoms with Crippen molar-refractivity contribution in [3.05, 3.63) is 90.7 Å². The van der Waals surface area contributed by atoms with Crippen LogP contribution >= 0.6 is 0 Å². The van der Waals surface area contributed by atoms with E-state index in [1.807, 2.05) is 72.8 Å². The highest BCUT2D eigenvalue weighted by atomic mass is 16.5. The van der Waals surface area contributed by atoms with Gasteiger partial charge in [-0.25, -0.2) is 4.98 Å². The number of ether oxygens (including phenoxy) is 2. The maximum atomic E-state index is 11.6. The summed E-state index contributed by atoms with van der Waals surface area (Å²) in [5, 5.41) is 4.64. The molecule has 3 aromatic carbocycles. The predicted octanol–water partition coefficient (Wildman–Crippen LogP) is 5.46. The van der Waals surface area contributed by atoms with Gasteiger partial charge in [-0.15, -0.1) is 0 Å². The van der Waals surface area contributed by atoms with E-state index in [0.29, 0.717) is 33.9 Å². The molecule has 5 aromatic rings. The van der Waals surface area contributed by atoms with E-state index in [2.05, 4.69) is 15.1 Å². The van der Waals surface area contributed by atoms with Crippen LogP contribution in [0.15, 0.2) is 89.5 Å². The Morgan fingerprint density at radius 3 is 2.33 bits per heavy atom. The number of rotatable bonds is 6. The van der Waals surface area contributed by atoms with Crippen LogP contribution < -0.4 is 9.47 Å². The number of nitrogens with zero attached hydrogens (tertiary/aromatic N) is 3. The van der Waals surface area contributed by atoms with Gasteiger partial charge in [0.1, 0.15) is 16.8 Å². The molecule has 33 heavy (non-hydrogen) atoms. The van der Waals surface area contributed by atoms with Gasteiger partial charge in [-0.2, -0.15) is 4.98 Å². The molecule has 0 aliphatic heterocycles. The number of carbonyl (C=O) groups is 1. The fourth-order valence-electron chi connectivity index (χ4n) is 3.44. The van der Waals surface area contributed by atoms with Crippen molar-refractivity contribution in [3.63, 3.8) is 0 Å². The van der Waals surface area contributed by atoms with Crippen LogP contribution in [0.2, 0.25) is 0 Å². The molecule has 7 heteroatoms. The summed E-state index contributed by atoms with van der Waals surface area (Å²) in [5.41, 5.74) is 3.10. The second-order valence-electron chi connectivity index (χ2n) is 7.30. The molecule has 0 fully saturated rings. The molecule has 0 aliphatic carbocycles. The SMILES string of the molecule is CC(=O)Oc1cccc2nc(-c3ccccc3)nc(OCc3cc(-c4ccccc4)no3)c12. The molecular formula is C26H19N3O4. The third-order valence-corrected chi connectivity index (χ3v) is 4.92. The summed E-state index contributed by atoms with van der Waals surface area (Å²) < 4.78 is 16.9. The monoisotopic (exact) mass is 437 g/mol. The quantitative estimate of drug-likeness (QED) is 0.258. The second kappa shape index (κ2) is 8.92. The number of hydrogen-bond acceptors (Lipinski definition) is 7. The first-order valence-electron chi connectivity index (χ1n) is 10.4. The summed E-state index contributed by atoms with van der Waals surface area (Å²) in [7, 11) is 0. The van der Waals surface area contributed by atoms with E-state index in [-0.39, 0.29) is 12.5 Å². The number of benzene rings is 3. The van der Waals surface area contributed by atoms with E-state index in [1.165, 1.54) is 6.92 Å². The minimum Gasteiger partial charge on any atom is -0.469 e. The lowest BCUT2D eigenvalue weighted by molar-refractivity contribution is -0.131. The van der Waals surface area contributed by atoms with Gasteiger partial charge in [0, 0.05) is 24.1 Å². The number of aromatic nitrogens is 3. The molecule has 0 N–H and O–H groups in total. The van der Waals surface area contributed by atoms with Crippen molar-refractivity contribution in [2.45, 2.75) is 13.5 Å². The highest BCUT2D eigenvalue weighted by Gasteiger charge is 2.17. The van der Waals surface area contributed by atoms with E-state index in [4.69, 9.17) is 14.0 Å². The van der Waals surface area contributed by atoms with E-state index >= 15 is 0 Å². The maximum absolute atomic E-state index is 11.6. The minimum atomic E-state index is -0.441. The highest BCUT2D eigenvalue weighted by Crippen LogP contribution is 2.34. The van der Waals surface area contributed by atoms with Crippen LogP contribution in [-0.4, -0.2) is 21.1 Å². The Bertz CT molecular complexity index is 1420. The summed E-state index contributed by atoms with van der Waals surface area (Å²) in [5.74, 6) is 1.21. The van der Waals surface area contributed by atoms with Crippen molar-refractivity contribution >= 4 is 16.9 Å². The molecule has 2 heterocycles. The maximum Gasteiger partial charge on any atom is 0.308 e. The third-order valence-electron chi connectivity index (χ3n) is 4.92. The molecular weight excluding hydrogens is 418 g/mol. The van der Waals surface area contributed by atoms with Crippen LogP contribution in [0, 0.1) is 0 Å². The Balaban J connectivity index is 1.52. The zero-order chi connectivity index (χ0) is 22.6. The Morgan fingerprint density at radius 2 is 1.61 bits per heavy atom. The van der Waals surface area contributed by atoms with Crippen molar-refractivity contribution in [3.8, 4) is 34.3 Å². The highest BCUT2D eigenvalue weighted by molar-refractivity contribution is 5.92. The number of fused-ring (bicyclic) bond motifs is 1. The Hall–Kier alpha value is -4.52. The van der Waals surface area contributed by atoms with Crippen molar-refractivity contribution < 1.29 is 18.8 Å². The Labute approximate surface area is 189 Å². The molecule has 0 saturated heterocycles. The smallest absolute Gasteiger partial charge is 0.308 e. The fraction of sp³-hybridized carbons (Fsp3) is 0.0769. The van der Waals surface area contributed by atoms with E-state index in [9.17, 15) is 4.79 Å². The number of carbonyl (C=O) groups excluding carboxylic acids is 1. The summed E-state index contributed by atoms with van der Waals surface area (Å²) in [6, 6.07) is 26.4. The molecule has 0 unspecified atom stereocenters. The van der Waals surface area contributed by atoms with E-state index in [0.717, 1.165) is 11.1 Å². The van der Waals surface area contributed by atoms with Gasteiger partial charge in [-0.3, -0.25) is 4.79 Å². The lowest BCUT2D eigenvalue weighted by Crippen LogP contribution is -2.05. The lowest BCUT2D eigenvalue weighted by atomic mass is 10.1. The van der Waals surface area contributed by atoms with Crippen LogP contribution in [0.3, 0.4) is 0 Å². The molecule has 0 amide bonds. The molecule has 0 atom stereocenters. The zero-order valence-electron chi connectivity index (χ0n) is 17.8. The average Bonchev–Trinajstić information content (AvgIpc) is 3.32. The van der Waals surface area contributed by atoms with E-state index < -0.39 is 5.97 Å². The zero-order valence-corrected chi connectivity index (χ0v) is 17.8. The molecule has 0 radical (unpaired) electrons. The molecule has 2 aromatic heterocycles. The van der Waals surface area contributed by atoms with Crippen LogP contribution in [0.4, 0.5) is 0 Å². The van der Waals surface area contributed by atoms with Crippen LogP contribution in [-0.2, 0) is 11.4 Å². The lowest BCUT2D eigenvalue weighted by Gasteiger charge is -2.12. The van der Waals surface area contributed by atoms with Gasteiger partial charge in [-0.05, 0) is 12.1 Å². The van der Waals surface area contributed by atoms with Gasteiger partial charge in [-0.1, -0.05) is 71.9 Å². The van der Waals surface area contributed by atoms with Crippen LogP contribution in [0.5, 0.6) is 11.6 Å². The Morgan fingerprint density at radius 1 is 0.879 bits per heavy atom. The van der Waals surface area contributed by atoms with Crippen molar-refractivity contribution in [2.24, 2.45) is 0 Å². The molecule has 0 spiro atoms.